The zero-order valence-electron chi connectivity index (χ0n) is 15.1. The van der Waals surface area contributed by atoms with Crippen molar-refractivity contribution in [3.8, 4) is 11.5 Å². The molecule has 0 heterocycles. The third-order valence-corrected chi connectivity index (χ3v) is 3.56. The van der Waals surface area contributed by atoms with Crippen LogP contribution in [0.25, 0.3) is 0 Å². The van der Waals surface area contributed by atoms with E-state index in [1.54, 1.807) is 77.0 Å². The highest BCUT2D eigenvalue weighted by Crippen LogP contribution is 2.23. The summed E-state index contributed by atoms with van der Waals surface area (Å²) in [5, 5.41) is 0. The van der Waals surface area contributed by atoms with Gasteiger partial charge in [0, 0.05) is 39.6 Å². The topological polar surface area (TPSA) is 72.5 Å². The summed E-state index contributed by atoms with van der Waals surface area (Å²) in [6.07, 6.45) is -1.79. The third kappa shape index (κ3) is 5.27. The summed E-state index contributed by atoms with van der Waals surface area (Å²) in [6, 6.07) is 13.5. The van der Waals surface area contributed by atoms with Gasteiger partial charge < -0.3 is 28.4 Å². The summed E-state index contributed by atoms with van der Waals surface area (Å²) in [5.41, 5.74) is 1.61. The fourth-order valence-electron chi connectivity index (χ4n) is 2.34. The van der Waals surface area contributed by atoms with Gasteiger partial charge in [-0.3, -0.25) is 0 Å². The Bertz CT molecular complexity index is 615. The van der Waals surface area contributed by atoms with Crippen molar-refractivity contribution >= 4 is 6.16 Å². The lowest BCUT2D eigenvalue weighted by Gasteiger charge is -2.14. The second-order valence-electron chi connectivity index (χ2n) is 5.20. The minimum absolute atomic E-state index is 0.347. The van der Waals surface area contributed by atoms with Crippen molar-refractivity contribution in [2.75, 3.05) is 28.4 Å². The van der Waals surface area contributed by atoms with Gasteiger partial charge in [0.2, 0.25) is 0 Å². The van der Waals surface area contributed by atoms with Crippen LogP contribution >= 0.6 is 0 Å². The van der Waals surface area contributed by atoms with Crippen LogP contribution in [-0.4, -0.2) is 34.6 Å². The number of methoxy groups -OCH3 is 4. The van der Waals surface area contributed by atoms with Gasteiger partial charge in [-0.25, -0.2) is 4.79 Å². The van der Waals surface area contributed by atoms with Crippen molar-refractivity contribution in [2.24, 2.45) is 0 Å². The molecule has 7 nitrogen and oxygen atoms in total. The lowest BCUT2D eigenvalue weighted by molar-refractivity contribution is -0.106. The molecule has 140 valence electrons. The van der Waals surface area contributed by atoms with Gasteiger partial charge >= 0.3 is 6.16 Å². The maximum atomic E-state index is 11.9. The van der Waals surface area contributed by atoms with Crippen LogP contribution in [0.5, 0.6) is 11.5 Å². The zero-order valence-corrected chi connectivity index (χ0v) is 15.1. The molecule has 0 radical (unpaired) electrons. The molecule has 0 aliphatic rings. The van der Waals surface area contributed by atoms with Gasteiger partial charge in [0.1, 0.15) is 11.5 Å². The molecule has 0 atom stereocenters. The smallest absolute Gasteiger partial charge is 0.395 e. The molecule has 2 aromatic rings. The first-order chi connectivity index (χ1) is 12.6. The lowest BCUT2D eigenvalue weighted by atomic mass is 10.2. The quantitative estimate of drug-likeness (QED) is 0.401. The van der Waals surface area contributed by atoms with Crippen molar-refractivity contribution in [3.63, 3.8) is 0 Å². The molecule has 0 saturated heterocycles. The third-order valence-electron chi connectivity index (χ3n) is 3.56. The highest BCUT2D eigenvalue weighted by Gasteiger charge is 2.13. The molecular weight excluding hydrogens is 340 g/mol. The van der Waals surface area contributed by atoms with E-state index in [-0.39, 0.29) is 0 Å². The van der Waals surface area contributed by atoms with Crippen LogP contribution in [0.15, 0.2) is 48.5 Å². The van der Waals surface area contributed by atoms with Crippen molar-refractivity contribution < 1.29 is 33.2 Å². The van der Waals surface area contributed by atoms with Crippen molar-refractivity contribution in [1.29, 1.82) is 0 Å². The Balaban J connectivity index is 1.94. The van der Waals surface area contributed by atoms with Gasteiger partial charge in [-0.2, -0.15) is 0 Å². The van der Waals surface area contributed by atoms with E-state index in [0.29, 0.717) is 11.5 Å². The standard InChI is InChI=1S/C19H22O7/c1-21-17(22-2)13-5-9-15(10-6-13)25-19(20)26-16-11-7-14(8-12-16)18(23-3)24-4/h5-12,17-18H,1-4H3. The molecule has 0 aliphatic carbocycles. The van der Waals surface area contributed by atoms with Crippen LogP contribution in [0.4, 0.5) is 4.79 Å². The van der Waals surface area contributed by atoms with Gasteiger partial charge in [-0.1, -0.05) is 24.3 Å². The fourth-order valence-corrected chi connectivity index (χ4v) is 2.34. The van der Waals surface area contributed by atoms with Gasteiger partial charge in [0.15, 0.2) is 12.6 Å². The van der Waals surface area contributed by atoms with E-state index in [9.17, 15) is 4.79 Å². The molecule has 2 rings (SSSR count). The Morgan fingerprint density at radius 3 is 1.19 bits per heavy atom. The summed E-state index contributed by atoms with van der Waals surface area (Å²) >= 11 is 0. The molecule has 7 heteroatoms. The largest absolute Gasteiger partial charge is 0.519 e. The number of carbonyl (C=O) groups is 1. The van der Waals surface area contributed by atoms with Crippen LogP contribution in [-0.2, 0) is 18.9 Å². The first-order valence-corrected chi connectivity index (χ1v) is 7.82. The average molecular weight is 362 g/mol. The summed E-state index contributed by atoms with van der Waals surface area (Å²) in [5.74, 6) is 0.695. The molecule has 0 saturated carbocycles. The molecule has 0 amide bonds. The number of hydrogen-bond acceptors (Lipinski definition) is 7. The van der Waals surface area contributed by atoms with E-state index >= 15 is 0 Å². The van der Waals surface area contributed by atoms with Crippen LogP contribution in [0.3, 0.4) is 0 Å². The van der Waals surface area contributed by atoms with Crippen LogP contribution in [0, 0.1) is 0 Å². The Hall–Kier alpha value is -2.45. The Morgan fingerprint density at radius 2 is 0.923 bits per heavy atom. The normalized spacial score (nSPS) is 11.0. The highest BCUT2D eigenvalue weighted by atomic mass is 16.7. The molecule has 0 fully saturated rings. The van der Waals surface area contributed by atoms with Gasteiger partial charge in [-0.15, -0.1) is 0 Å². The first kappa shape index (κ1) is 19.9. The number of hydrogen-bond donors (Lipinski definition) is 0. The predicted molar refractivity (Wildman–Crippen MR) is 93.1 cm³/mol. The Labute approximate surface area is 152 Å². The van der Waals surface area contributed by atoms with E-state index in [1.807, 2.05) is 0 Å². The minimum atomic E-state index is -0.837. The maximum Gasteiger partial charge on any atom is 0.519 e. The zero-order chi connectivity index (χ0) is 18.9. The SMILES string of the molecule is COC(OC)c1ccc(OC(=O)Oc2ccc(C(OC)OC)cc2)cc1. The van der Waals surface area contributed by atoms with Crippen LogP contribution in [0.2, 0.25) is 0 Å². The molecule has 0 spiro atoms. The second-order valence-corrected chi connectivity index (χ2v) is 5.20. The average Bonchev–Trinajstić information content (AvgIpc) is 2.66. The Morgan fingerprint density at radius 1 is 0.615 bits per heavy atom. The monoisotopic (exact) mass is 362 g/mol. The lowest BCUT2D eigenvalue weighted by Crippen LogP contribution is -2.14. The molecule has 26 heavy (non-hydrogen) atoms. The van der Waals surface area contributed by atoms with Crippen LogP contribution < -0.4 is 9.47 Å². The summed E-state index contributed by atoms with van der Waals surface area (Å²) in [6.45, 7) is 0. The van der Waals surface area contributed by atoms with Gasteiger partial charge in [0.25, 0.3) is 0 Å². The highest BCUT2D eigenvalue weighted by molar-refractivity contribution is 5.67. The summed E-state index contributed by atoms with van der Waals surface area (Å²) < 4.78 is 30.9. The predicted octanol–water partition coefficient (Wildman–Crippen LogP) is 3.85. The van der Waals surface area contributed by atoms with Gasteiger partial charge in [0.05, 0.1) is 0 Å². The molecule has 0 N–H and O–H groups in total. The summed E-state index contributed by atoms with van der Waals surface area (Å²) in [7, 11) is 6.18. The molecule has 0 bridgehead atoms. The fraction of sp³-hybridized carbons (Fsp3) is 0.316. The molecule has 0 aliphatic heterocycles. The molecule has 0 unspecified atom stereocenters. The Kier molecular flexibility index (Phi) is 7.55. The second kappa shape index (κ2) is 9.88. The van der Waals surface area contributed by atoms with E-state index < -0.39 is 18.7 Å². The minimum Gasteiger partial charge on any atom is -0.395 e. The van der Waals surface area contributed by atoms with E-state index in [0.717, 1.165) is 11.1 Å². The number of rotatable bonds is 8. The van der Waals surface area contributed by atoms with Gasteiger partial charge in [-0.05, 0) is 24.3 Å². The first-order valence-electron chi connectivity index (χ1n) is 7.82. The van der Waals surface area contributed by atoms with Crippen molar-refractivity contribution in [3.05, 3.63) is 59.7 Å². The molecule has 2 aromatic carbocycles. The van der Waals surface area contributed by atoms with Crippen LogP contribution in [0.1, 0.15) is 23.7 Å². The number of carbonyl (C=O) groups excluding carboxylic acids is 1. The van der Waals surface area contributed by atoms with E-state index in [1.165, 1.54) is 0 Å². The maximum absolute atomic E-state index is 11.9. The van der Waals surface area contributed by atoms with Crippen molar-refractivity contribution in [1.82, 2.24) is 0 Å². The van der Waals surface area contributed by atoms with Crippen molar-refractivity contribution in [2.45, 2.75) is 12.6 Å². The van der Waals surface area contributed by atoms with E-state index in [4.69, 9.17) is 28.4 Å². The number of ether oxygens (including phenoxy) is 6. The van der Waals surface area contributed by atoms with E-state index in [2.05, 4.69) is 0 Å². The molecule has 0 aromatic heterocycles. The summed E-state index contributed by atoms with van der Waals surface area (Å²) in [4.78, 5) is 11.9. The number of benzene rings is 2. The molecular formula is C19H22O7.